The average molecular weight is 447 g/mol. The Balaban J connectivity index is 1.77. The summed E-state index contributed by atoms with van der Waals surface area (Å²) in [4.78, 5) is 0. The summed E-state index contributed by atoms with van der Waals surface area (Å²) in [7, 11) is 0. The summed E-state index contributed by atoms with van der Waals surface area (Å²) in [5, 5.41) is 2.39. The molecule has 0 N–H and O–H groups in total. The van der Waals surface area contributed by atoms with Gasteiger partial charge in [-0.2, -0.15) is 4.57 Å². The molecule has 34 heavy (non-hydrogen) atoms. The number of fused-ring (bicyclic) bond motifs is 7. The second kappa shape index (κ2) is 7.56. The molecule has 5 aromatic rings. The number of hydrogen-bond acceptors (Lipinski definition) is 1. The zero-order valence-corrected chi connectivity index (χ0v) is 20.6. The first-order chi connectivity index (χ1) is 16.6. The van der Waals surface area contributed by atoms with E-state index in [9.17, 15) is 0 Å². The molecule has 0 amide bonds. The van der Waals surface area contributed by atoms with Crippen molar-refractivity contribution in [2.45, 2.75) is 57.9 Å². The minimum Gasteiger partial charge on any atom is -0.455 e. The molecule has 2 heteroatoms. The molecule has 2 nitrogen and oxygen atoms in total. The Morgan fingerprint density at radius 2 is 1.47 bits per heavy atom. The van der Waals surface area contributed by atoms with Crippen molar-refractivity contribution in [3.8, 4) is 22.4 Å². The van der Waals surface area contributed by atoms with Gasteiger partial charge in [-0.05, 0) is 36.1 Å². The Hall–Kier alpha value is -3.39. The largest absolute Gasteiger partial charge is 0.455 e. The van der Waals surface area contributed by atoms with Crippen LogP contribution in [0.5, 0.6) is 0 Å². The molecule has 2 aromatic heterocycles. The summed E-state index contributed by atoms with van der Waals surface area (Å²) in [6.07, 6.45) is 5.56. The van der Waals surface area contributed by atoms with Gasteiger partial charge in [-0.3, -0.25) is 0 Å². The number of benzene rings is 3. The third-order valence-electron chi connectivity index (χ3n) is 8.82. The molecule has 3 aromatic carbocycles. The van der Waals surface area contributed by atoms with Gasteiger partial charge in [-0.15, -0.1) is 0 Å². The van der Waals surface area contributed by atoms with Crippen LogP contribution in [0, 0.1) is 0 Å². The molecule has 0 radical (unpaired) electrons. The maximum absolute atomic E-state index is 6.61. The van der Waals surface area contributed by atoms with Crippen LogP contribution in [0.2, 0.25) is 0 Å². The van der Waals surface area contributed by atoms with Crippen LogP contribution >= 0.6 is 0 Å². The van der Waals surface area contributed by atoms with E-state index in [1.165, 1.54) is 38.7 Å². The van der Waals surface area contributed by atoms with E-state index in [-0.39, 0.29) is 11.0 Å². The topological polar surface area (TPSA) is 17.0 Å². The number of aromatic nitrogens is 1. The van der Waals surface area contributed by atoms with Crippen molar-refractivity contribution in [2.24, 2.45) is 0 Å². The van der Waals surface area contributed by atoms with Gasteiger partial charge in [0.2, 0.25) is 5.69 Å². The summed E-state index contributed by atoms with van der Waals surface area (Å²) >= 11 is 0. The van der Waals surface area contributed by atoms with Gasteiger partial charge in [0.25, 0.3) is 0 Å². The lowest BCUT2D eigenvalue weighted by atomic mass is 9.58. The smallest absolute Gasteiger partial charge is 0.217 e. The highest BCUT2D eigenvalue weighted by molar-refractivity contribution is 6.10. The van der Waals surface area contributed by atoms with E-state index in [0.717, 1.165) is 30.4 Å². The van der Waals surface area contributed by atoms with E-state index >= 15 is 0 Å². The van der Waals surface area contributed by atoms with Crippen LogP contribution in [0.15, 0.2) is 89.5 Å². The van der Waals surface area contributed by atoms with Crippen LogP contribution < -0.4 is 4.57 Å². The Kier molecular flexibility index (Phi) is 4.71. The van der Waals surface area contributed by atoms with E-state index in [2.05, 4.69) is 117 Å². The maximum Gasteiger partial charge on any atom is 0.217 e. The summed E-state index contributed by atoms with van der Waals surface area (Å²) in [5.41, 5.74) is 8.37. The lowest BCUT2D eigenvalue weighted by Crippen LogP contribution is -2.68. The normalized spacial score (nSPS) is 18.7. The van der Waals surface area contributed by atoms with Gasteiger partial charge < -0.3 is 4.42 Å². The molecule has 1 unspecified atom stereocenters. The van der Waals surface area contributed by atoms with Crippen LogP contribution in [0.4, 0.5) is 0 Å². The van der Waals surface area contributed by atoms with Crippen molar-refractivity contribution in [3.05, 3.63) is 90.6 Å². The van der Waals surface area contributed by atoms with Crippen LogP contribution in [0.25, 0.3) is 44.3 Å². The van der Waals surface area contributed by atoms with Crippen LogP contribution in [-0.4, -0.2) is 0 Å². The van der Waals surface area contributed by atoms with Gasteiger partial charge in [0, 0.05) is 35.7 Å². The van der Waals surface area contributed by atoms with Gasteiger partial charge >= 0.3 is 0 Å². The van der Waals surface area contributed by atoms with E-state index in [4.69, 9.17) is 4.42 Å². The molecule has 0 fully saturated rings. The molecule has 0 bridgehead atoms. The number of furan rings is 1. The molecular formula is C32H32NO+. The molecule has 0 aliphatic carbocycles. The van der Waals surface area contributed by atoms with Crippen molar-refractivity contribution >= 4 is 21.9 Å². The Morgan fingerprint density at radius 1 is 0.735 bits per heavy atom. The van der Waals surface area contributed by atoms with E-state index in [0.29, 0.717) is 0 Å². The summed E-state index contributed by atoms with van der Waals surface area (Å²) < 4.78 is 9.19. The molecule has 1 aliphatic heterocycles. The monoisotopic (exact) mass is 446 g/mol. The Bertz CT molecular complexity index is 1520. The minimum atomic E-state index is -0.00900. The molecule has 1 aliphatic rings. The summed E-state index contributed by atoms with van der Waals surface area (Å²) in [6, 6.07) is 28.5. The number of nitrogens with zero attached hydrogens (tertiary/aromatic N) is 1. The quantitative estimate of drug-likeness (QED) is 0.253. The second-order valence-electron chi connectivity index (χ2n) is 9.92. The van der Waals surface area contributed by atoms with Gasteiger partial charge in [0.1, 0.15) is 11.2 Å². The van der Waals surface area contributed by atoms with Crippen molar-refractivity contribution in [1.29, 1.82) is 0 Å². The first kappa shape index (κ1) is 21.2. The Labute approximate surface area is 201 Å². The van der Waals surface area contributed by atoms with Crippen LogP contribution in [-0.2, 0) is 11.0 Å². The van der Waals surface area contributed by atoms with Gasteiger partial charge in [0.05, 0.1) is 11.0 Å². The van der Waals surface area contributed by atoms with E-state index in [1.54, 1.807) is 0 Å². The minimum absolute atomic E-state index is 0.000999. The van der Waals surface area contributed by atoms with E-state index in [1.807, 2.05) is 0 Å². The Morgan fingerprint density at radius 3 is 2.21 bits per heavy atom. The molecule has 0 spiro atoms. The van der Waals surface area contributed by atoms with Crippen molar-refractivity contribution in [3.63, 3.8) is 0 Å². The summed E-state index contributed by atoms with van der Waals surface area (Å²) in [6.45, 7) is 9.51. The third kappa shape index (κ3) is 2.60. The SMILES string of the molecule is CCC1(C)c2ccc3c(oc4ccccc43)c2-c2cc(-c3ccccc3)cc[n+]2C1(CC)CC. The number of pyridine rings is 1. The zero-order valence-electron chi connectivity index (χ0n) is 20.6. The second-order valence-corrected chi connectivity index (χ2v) is 9.92. The lowest BCUT2D eigenvalue weighted by Gasteiger charge is -2.47. The van der Waals surface area contributed by atoms with Crippen molar-refractivity contribution in [2.75, 3.05) is 0 Å². The molecular weight excluding hydrogens is 414 g/mol. The predicted molar refractivity (Wildman–Crippen MR) is 141 cm³/mol. The van der Waals surface area contributed by atoms with Crippen molar-refractivity contribution in [1.82, 2.24) is 0 Å². The zero-order chi connectivity index (χ0) is 23.5. The highest BCUT2D eigenvalue weighted by Crippen LogP contribution is 2.53. The van der Waals surface area contributed by atoms with Gasteiger partial charge in [0.15, 0.2) is 11.7 Å². The number of para-hydroxylation sites is 1. The highest BCUT2D eigenvalue weighted by atomic mass is 16.3. The predicted octanol–water partition coefficient (Wildman–Crippen LogP) is 8.40. The standard InChI is InChI=1S/C32H32NO/c1-5-31(4)26-18-17-25-24-15-11-12-16-28(24)34-30(25)29(26)27-21-23(22-13-9-8-10-14-22)19-20-33(27)32(31,6-2)7-3/h8-21H,5-7H2,1-4H3/q+1. The lowest BCUT2D eigenvalue weighted by molar-refractivity contribution is -0.769. The van der Waals surface area contributed by atoms with Gasteiger partial charge in [-0.25, -0.2) is 0 Å². The average Bonchev–Trinajstić information content (AvgIpc) is 3.28. The van der Waals surface area contributed by atoms with Gasteiger partial charge in [-0.1, -0.05) is 81.4 Å². The number of hydrogen-bond donors (Lipinski definition) is 0. The molecule has 170 valence electrons. The van der Waals surface area contributed by atoms with E-state index < -0.39 is 0 Å². The third-order valence-corrected chi connectivity index (χ3v) is 8.82. The highest BCUT2D eigenvalue weighted by Gasteiger charge is 2.58. The first-order valence-corrected chi connectivity index (χ1v) is 12.6. The number of rotatable bonds is 4. The fourth-order valence-electron chi connectivity index (χ4n) is 6.79. The van der Waals surface area contributed by atoms with Crippen LogP contribution in [0.3, 0.4) is 0 Å². The van der Waals surface area contributed by atoms with Crippen LogP contribution in [0.1, 0.15) is 52.5 Å². The first-order valence-electron chi connectivity index (χ1n) is 12.6. The molecule has 1 atom stereocenters. The fraction of sp³-hybridized carbons (Fsp3) is 0.281. The molecule has 6 rings (SSSR count). The maximum atomic E-state index is 6.61. The molecule has 0 saturated carbocycles. The molecule has 3 heterocycles. The molecule has 0 saturated heterocycles. The van der Waals surface area contributed by atoms with Crippen molar-refractivity contribution < 1.29 is 8.98 Å². The fourth-order valence-corrected chi connectivity index (χ4v) is 6.79. The summed E-state index contributed by atoms with van der Waals surface area (Å²) in [5.74, 6) is 0.